The first-order chi connectivity index (χ1) is 8.98. The normalized spacial score (nSPS) is 23.4. The number of rotatable bonds is 3. The van der Waals surface area contributed by atoms with Gasteiger partial charge < -0.3 is 14.4 Å². The second-order valence-electron chi connectivity index (χ2n) is 4.87. The lowest BCUT2D eigenvalue weighted by atomic mass is 9.77. The van der Waals surface area contributed by atoms with Crippen molar-refractivity contribution in [2.45, 2.75) is 26.2 Å². The number of hydrogen-bond donors (Lipinski definition) is 1. The standard InChI is InChI=1S/C13H16BrNO4/c1-2-13(12(17)18)6-3-7-15(8-13)11(16)9-4-5-10(14)19-9/h4-5H,2-3,6-8H2,1H3,(H,17,18). The lowest BCUT2D eigenvalue weighted by molar-refractivity contribution is -0.152. The summed E-state index contributed by atoms with van der Waals surface area (Å²) in [5, 5.41) is 9.39. The zero-order valence-electron chi connectivity index (χ0n) is 10.7. The molecular weight excluding hydrogens is 314 g/mol. The van der Waals surface area contributed by atoms with Crippen molar-refractivity contribution >= 4 is 27.8 Å². The second-order valence-corrected chi connectivity index (χ2v) is 5.65. The topological polar surface area (TPSA) is 70.8 Å². The fraction of sp³-hybridized carbons (Fsp3) is 0.538. The molecular formula is C13H16BrNO4. The largest absolute Gasteiger partial charge is 0.481 e. The molecule has 1 aromatic rings. The molecule has 5 nitrogen and oxygen atoms in total. The smallest absolute Gasteiger partial charge is 0.311 e. The van der Waals surface area contributed by atoms with Gasteiger partial charge in [0.2, 0.25) is 0 Å². The zero-order chi connectivity index (χ0) is 14.0. The molecule has 0 saturated carbocycles. The minimum atomic E-state index is -0.826. The van der Waals surface area contributed by atoms with E-state index in [0.29, 0.717) is 30.5 Å². The average Bonchev–Trinajstić information content (AvgIpc) is 2.84. The number of nitrogens with zero attached hydrogens (tertiary/aromatic N) is 1. The predicted octanol–water partition coefficient (Wildman–Crippen LogP) is 2.76. The van der Waals surface area contributed by atoms with E-state index in [-0.39, 0.29) is 18.2 Å². The third-order valence-electron chi connectivity index (χ3n) is 3.78. The van der Waals surface area contributed by atoms with E-state index in [1.54, 1.807) is 17.0 Å². The van der Waals surface area contributed by atoms with Crippen molar-refractivity contribution in [2.24, 2.45) is 5.41 Å². The van der Waals surface area contributed by atoms with E-state index in [0.717, 1.165) is 0 Å². The Hall–Kier alpha value is -1.30. The number of carboxylic acid groups (broad SMARTS) is 1. The Kier molecular flexibility index (Phi) is 3.99. The van der Waals surface area contributed by atoms with Gasteiger partial charge in [0, 0.05) is 13.1 Å². The number of likely N-dealkylation sites (tertiary alicyclic amines) is 1. The first-order valence-corrected chi connectivity index (χ1v) is 7.06. The molecule has 0 bridgehead atoms. The second kappa shape index (κ2) is 5.36. The number of carbonyl (C=O) groups excluding carboxylic acids is 1. The molecule has 1 saturated heterocycles. The molecule has 2 rings (SSSR count). The molecule has 0 aliphatic carbocycles. The van der Waals surface area contributed by atoms with Crippen LogP contribution in [-0.2, 0) is 4.79 Å². The predicted molar refractivity (Wildman–Crippen MR) is 71.9 cm³/mol. The number of hydrogen-bond acceptors (Lipinski definition) is 3. The number of amides is 1. The Morgan fingerprint density at radius 1 is 1.53 bits per heavy atom. The minimum Gasteiger partial charge on any atom is -0.481 e. The van der Waals surface area contributed by atoms with E-state index in [2.05, 4.69) is 15.9 Å². The SMILES string of the molecule is CCC1(C(=O)O)CCCN(C(=O)c2ccc(Br)o2)C1. The quantitative estimate of drug-likeness (QED) is 0.925. The van der Waals surface area contributed by atoms with Crippen LogP contribution >= 0.6 is 15.9 Å². The maximum Gasteiger partial charge on any atom is 0.311 e. The van der Waals surface area contributed by atoms with Crippen molar-refractivity contribution in [3.05, 3.63) is 22.6 Å². The van der Waals surface area contributed by atoms with Crippen molar-refractivity contribution < 1.29 is 19.1 Å². The highest BCUT2D eigenvalue weighted by atomic mass is 79.9. The van der Waals surface area contributed by atoms with Crippen molar-refractivity contribution in [2.75, 3.05) is 13.1 Å². The van der Waals surface area contributed by atoms with Crippen molar-refractivity contribution in [3.8, 4) is 0 Å². The molecule has 0 aromatic carbocycles. The van der Waals surface area contributed by atoms with Crippen LogP contribution in [0.3, 0.4) is 0 Å². The van der Waals surface area contributed by atoms with E-state index >= 15 is 0 Å². The molecule has 1 fully saturated rings. The highest BCUT2D eigenvalue weighted by Crippen LogP contribution is 2.34. The van der Waals surface area contributed by atoms with E-state index in [9.17, 15) is 14.7 Å². The molecule has 2 heterocycles. The third kappa shape index (κ3) is 2.68. The molecule has 6 heteroatoms. The molecule has 1 amide bonds. The van der Waals surface area contributed by atoms with Crippen LogP contribution in [0.15, 0.2) is 21.2 Å². The van der Waals surface area contributed by atoms with Gasteiger partial charge in [0.25, 0.3) is 5.91 Å². The molecule has 0 spiro atoms. The molecule has 1 aromatic heterocycles. The van der Waals surface area contributed by atoms with Crippen LogP contribution < -0.4 is 0 Å². The average molecular weight is 330 g/mol. The number of carboxylic acids is 1. The van der Waals surface area contributed by atoms with Gasteiger partial charge in [0.15, 0.2) is 10.4 Å². The van der Waals surface area contributed by atoms with Crippen LogP contribution in [0.4, 0.5) is 0 Å². The first kappa shape index (κ1) is 14.1. The van der Waals surface area contributed by atoms with Crippen molar-refractivity contribution in [1.29, 1.82) is 0 Å². The molecule has 1 unspecified atom stereocenters. The molecule has 1 aliphatic heterocycles. The number of carbonyl (C=O) groups is 2. The Balaban J connectivity index is 2.17. The fourth-order valence-electron chi connectivity index (χ4n) is 2.50. The maximum absolute atomic E-state index is 12.3. The van der Waals surface area contributed by atoms with Crippen molar-refractivity contribution in [1.82, 2.24) is 4.90 Å². The van der Waals surface area contributed by atoms with E-state index < -0.39 is 11.4 Å². The van der Waals surface area contributed by atoms with Crippen LogP contribution in [0.5, 0.6) is 0 Å². The third-order valence-corrected chi connectivity index (χ3v) is 4.20. The van der Waals surface area contributed by atoms with Gasteiger partial charge in [-0.25, -0.2) is 0 Å². The minimum absolute atomic E-state index is 0.240. The number of furan rings is 1. The summed E-state index contributed by atoms with van der Waals surface area (Å²) in [5.41, 5.74) is -0.822. The van der Waals surface area contributed by atoms with E-state index in [1.807, 2.05) is 6.92 Å². The zero-order valence-corrected chi connectivity index (χ0v) is 12.3. The molecule has 19 heavy (non-hydrogen) atoms. The van der Waals surface area contributed by atoms with Gasteiger partial charge in [-0.05, 0) is 47.3 Å². The van der Waals surface area contributed by atoms with Gasteiger partial charge in [-0.3, -0.25) is 9.59 Å². The van der Waals surface area contributed by atoms with E-state index in [4.69, 9.17) is 4.42 Å². The van der Waals surface area contributed by atoms with Gasteiger partial charge in [-0.1, -0.05) is 6.92 Å². The summed E-state index contributed by atoms with van der Waals surface area (Å²) in [4.78, 5) is 25.3. The van der Waals surface area contributed by atoms with Gasteiger partial charge in [0.05, 0.1) is 5.41 Å². The highest BCUT2D eigenvalue weighted by Gasteiger charge is 2.42. The first-order valence-electron chi connectivity index (χ1n) is 6.26. The Morgan fingerprint density at radius 2 is 2.26 bits per heavy atom. The molecule has 1 N–H and O–H groups in total. The van der Waals surface area contributed by atoms with Gasteiger partial charge >= 0.3 is 5.97 Å². The molecule has 1 aliphatic rings. The summed E-state index contributed by atoms with van der Waals surface area (Å²) in [7, 11) is 0. The monoisotopic (exact) mass is 329 g/mol. The molecule has 104 valence electrons. The van der Waals surface area contributed by atoms with Gasteiger partial charge in [-0.15, -0.1) is 0 Å². The van der Waals surface area contributed by atoms with Gasteiger partial charge in [-0.2, -0.15) is 0 Å². The molecule has 1 atom stereocenters. The van der Waals surface area contributed by atoms with Crippen LogP contribution in [0.25, 0.3) is 0 Å². The summed E-state index contributed by atoms with van der Waals surface area (Å²) in [5.74, 6) is -0.832. The summed E-state index contributed by atoms with van der Waals surface area (Å²) >= 11 is 3.15. The highest BCUT2D eigenvalue weighted by molar-refractivity contribution is 9.10. The Labute approximate surface area is 119 Å². The van der Waals surface area contributed by atoms with Crippen LogP contribution in [0.2, 0.25) is 0 Å². The van der Waals surface area contributed by atoms with Gasteiger partial charge in [0.1, 0.15) is 0 Å². The molecule has 0 radical (unpaired) electrons. The van der Waals surface area contributed by atoms with Crippen LogP contribution in [-0.4, -0.2) is 35.0 Å². The summed E-state index contributed by atoms with van der Waals surface area (Å²) in [6.07, 6.45) is 1.84. The summed E-state index contributed by atoms with van der Waals surface area (Å²) < 4.78 is 5.73. The summed E-state index contributed by atoms with van der Waals surface area (Å²) in [6, 6.07) is 3.25. The number of piperidine rings is 1. The van der Waals surface area contributed by atoms with Crippen molar-refractivity contribution in [3.63, 3.8) is 0 Å². The Morgan fingerprint density at radius 3 is 2.79 bits per heavy atom. The number of halogens is 1. The van der Waals surface area contributed by atoms with Crippen LogP contribution in [0.1, 0.15) is 36.7 Å². The lowest BCUT2D eigenvalue weighted by Crippen LogP contribution is -2.49. The summed E-state index contributed by atoms with van der Waals surface area (Å²) in [6.45, 7) is 2.67. The van der Waals surface area contributed by atoms with E-state index in [1.165, 1.54) is 0 Å². The lowest BCUT2D eigenvalue weighted by Gasteiger charge is -2.39. The van der Waals surface area contributed by atoms with Crippen LogP contribution in [0, 0.1) is 5.41 Å². The Bertz CT molecular complexity index is 499. The fourth-order valence-corrected chi connectivity index (χ4v) is 2.81. The maximum atomic E-state index is 12.3. The number of aliphatic carboxylic acids is 1.